The molecule has 2 amide bonds. The largest absolute Gasteiger partial charge is 0.444 e. The van der Waals surface area contributed by atoms with Crippen molar-refractivity contribution in [2.45, 2.75) is 45.8 Å². The number of hydrogen-bond donors (Lipinski definition) is 1. The predicted molar refractivity (Wildman–Crippen MR) is 60.0 cm³/mol. The highest BCUT2D eigenvalue weighted by Gasteiger charge is 2.28. The summed E-state index contributed by atoms with van der Waals surface area (Å²) in [5.74, 6) is -0.0158. The number of rotatable bonds is 0. The van der Waals surface area contributed by atoms with Crippen molar-refractivity contribution in [3.8, 4) is 0 Å². The maximum absolute atomic E-state index is 11.8. The van der Waals surface area contributed by atoms with Crippen LogP contribution in [0.1, 0.15) is 34.1 Å². The van der Waals surface area contributed by atoms with Crippen LogP contribution >= 0.6 is 0 Å². The topological polar surface area (TPSA) is 58.6 Å². The second-order valence-electron chi connectivity index (χ2n) is 5.08. The lowest BCUT2D eigenvalue weighted by Crippen LogP contribution is -2.44. The predicted octanol–water partition coefficient (Wildman–Crippen LogP) is 1.13. The lowest BCUT2D eigenvalue weighted by atomic mass is 10.2. The lowest BCUT2D eigenvalue weighted by Gasteiger charge is -2.29. The van der Waals surface area contributed by atoms with Crippen molar-refractivity contribution in [1.82, 2.24) is 10.2 Å². The summed E-state index contributed by atoms with van der Waals surface area (Å²) in [6, 6.07) is -0.0266. The molecule has 0 aliphatic carbocycles. The van der Waals surface area contributed by atoms with E-state index < -0.39 is 5.60 Å². The summed E-state index contributed by atoms with van der Waals surface area (Å²) in [5.41, 5.74) is -0.499. The van der Waals surface area contributed by atoms with Gasteiger partial charge in [-0.2, -0.15) is 0 Å². The molecule has 0 saturated carbocycles. The van der Waals surface area contributed by atoms with Gasteiger partial charge in [0.15, 0.2) is 0 Å². The molecular formula is C11H20N2O3. The number of nitrogens with one attached hydrogen (secondary N) is 1. The molecule has 0 aromatic heterocycles. The molecule has 16 heavy (non-hydrogen) atoms. The van der Waals surface area contributed by atoms with Crippen molar-refractivity contribution < 1.29 is 14.3 Å². The number of carbonyl (C=O) groups is 2. The minimum Gasteiger partial charge on any atom is -0.444 e. The molecule has 1 fully saturated rings. The third kappa shape index (κ3) is 3.72. The number of amides is 2. The monoisotopic (exact) mass is 228 g/mol. The second-order valence-corrected chi connectivity index (χ2v) is 5.08. The van der Waals surface area contributed by atoms with E-state index in [4.69, 9.17) is 4.74 Å². The van der Waals surface area contributed by atoms with Crippen molar-refractivity contribution in [3.63, 3.8) is 0 Å². The van der Waals surface area contributed by atoms with Crippen LogP contribution in [0, 0.1) is 0 Å². The van der Waals surface area contributed by atoms with Crippen molar-refractivity contribution in [2.24, 2.45) is 0 Å². The molecule has 0 unspecified atom stereocenters. The maximum atomic E-state index is 11.8. The number of hydrogen-bond acceptors (Lipinski definition) is 3. The Morgan fingerprint density at radius 2 is 2.12 bits per heavy atom. The van der Waals surface area contributed by atoms with Gasteiger partial charge in [-0.15, -0.1) is 0 Å². The van der Waals surface area contributed by atoms with Crippen LogP contribution in [0.3, 0.4) is 0 Å². The molecule has 5 nitrogen and oxygen atoms in total. The van der Waals surface area contributed by atoms with Gasteiger partial charge >= 0.3 is 6.09 Å². The SMILES string of the molecule is C[C@@H]1CNC(=O)CCN1C(=O)OC(C)(C)C. The van der Waals surface area contributed by atoms with E-state index in [9.17, 15) is 9.59 Å². The average Bonchev–Trinajstić information content (AvgIpc) is 2.26. The van der Waals surface area contributed by atoms with Gasteiger partial charge in [0, 0.05) is 25.6 Å². The molecule has 1 N–H and O–H groups in total. The van der Waals surface area contributed by atoms with Gasteiger partial charge in [-0.05, 0) is 27.7 Å². The lowest BCUT2D eigenvalue weighted by molar-refractivity contribution is -0.120. The quantitative estimate of drug-likeness (QED) is 0.676. The summed E-state index contributed by atoms with van der Waals surface area (Å²) in [5, 5.41) is 2.75. The Balaban J connectivity index is 2.63. The van der Waals surface area contributed by atoms with E-state index in [2.05, 4.69) is 5.32 Å². The van der Waals surface area contributed by atoms with Gasteiger partial charge in [0.2, 0.25) is 5.91 Å². The van der Waals surface area contributed by atoms with Gasteiger partial charge in [0.1, 0.15) is 5.60 Å². The molecule has 1 atom stereocenters. The van der Waals surface area contributed by atoms with Crippen molar-refractivity contribution in [1.29, 1.82) is 0 Å². The van der Waals surface area contributed by atoms with Crippen LogP contribution in [0.15, 0.2) is 0 Å². The van der Waals surface area contributed by atoms with E-state index in [0.29, 0.717) is 19.5 Å². The van der Waals surface area contributed by atoms with Gasteiger partial charge in [-0.3, -0.25) is 4.79 Å². The van der Waals surface area contributed by atoms with Crippen LogP contribution < -0.4 is 5.32 Å². The molecular weight excluding hydrogens is 208 g/mol. The van der Waals surface area contributed by atoms with Gasteiger partial charge in [-0.1, -0.05) is 0 Å². The Bertz CT molecular complexity index is 283. The fourth-order valence-corrected chi connectivity index (χ4v) is 1.49. The van der Waals surface area contributed by atoms with Gasteiger partial charge in [0.05, 0.1) is 0 Å². The summed E-state index contributed by atoms with van der Waals surface area (Å²) in [7, 11) is 0. The average molecular weight is 228 g/mol. The Morgan fingerprint density at radius 1 is 1.50 bits per heavy atom. The van der Waals surface area contributed by atoms with Crippen molar-refractivity contribution in [2.75, 3.05) is 13.1 Å². The van der Waals surface area contributed by atoms with E-state index in [1.165, 1.54) is 0 Å². The van der Waals surface area contributed by atoms with E-state index >= 15 is 0 Å². The molecule has 0 aromatic rings. The molecule has 5 heteroatoms. The normalized spacial score (nSPS) is 22.4. The van der Waals surface area contributed by atoms with E-state index in [1.54, 1.807) is 4.90 Å². The van der Waals surface area contributed by atoms with Gasteiger partial charge in [0.25, 0.3) is 0 Å². The van der Waals surface area contributed by atoms with Crippen LogP contribution in [0.25, 0.3) is 0 Å². The van der Waals surface area contributed by atoms with Crippen LogP contribution in [0.5, 0.6) is 0 Å². The highest BCUT2D eigenvalue weighted by molar-refractivity contribution is 5.78. The first-order valence-corrected chi connectivity index (χ1v) is 5.56. The third-order valence-electron chi connectivity index (χ3n) is 2.33. The number of ether oxygens (including phenoxy) is 1. The van der Waals surface area contributed by atoms with Crippen LogP contribution in [-0.2, 0) is 9.53 Å². The number of carbonyl (C=O) groups excluding carboxylic acids is 2. The maximum Gasteiger partial charge on any atom is 0.410 e. The number of nitrogens with zero attached hydrogens (tertiary/aromatic N) is 1. The first-order valence-electron chi connectivity index (χ1n) is 5.56. The van der Waals surface area contributed by atoms with Crippen molar-refractivity contribution >= 4 is 12.0 Å². The first-order chi connectivity index (χ1) is 7.29. The molecule has 1 saturated heterocycles. The molecule has 0 aromatic carbocycles. The summed E-state index contributed by atoms with van der Waals surface area (Å²) in [4.78, 5) is 24.6. The zero-order valence-corrected chi connectivity index (χ0v) is 10.4. The van der Waals surface area contributed by atoms with Crippen LogP contribution in [0.4, 0.5) is 4.79 Å². The first kappa shape index (κ1) is 12.8. The summed E-state index contributed by atoms with van der Waals surface area (Å²) < 4.78 is 5.29. The van der Waals surface area contributed by atoms with E-state index in [-0.39, 0.29) is 18.0 Å². The Hall–Kier alpha value is -1.26. The molecule has 0 spiro atoms. The standard InChI is InChI=1S/C11H20N2O3/c1-8-7-12-9(14)5-6-13(8)10(15)16-11(2,3)4/h8H,5-7H2,1-4H3,(H,12,14)/t8-/m1/s1. The fraction of sp³-hybridized carbons (Fsp3) is 0.818. The smallest absolute Gasteiger partial charge is 0.410 e. The zero-order chi connectivity index (χ0) is 12.3. The molecule has 1 heterocycles. The minimum absolute atomic E-state index is 0.0158. The summed E-state index contributed by atoms with van der Waals surface area (Å²) >= 11 is 0. The van der Waals surface area contributed by atoms with Crippen LogP contribution in [0.2, 0.25) is 0 Å². The molecule has 0 bridgehead atoms. The zero-order valence-electron chi connectivity index (χ0n) is 10.4. The second kappa shape index (κ2) is 4.72. The molecule has 92 valence electrons. The van der Waals surface area contributed by atoms with E-state index in [0.717, 1.165) is 0 Å². The molecule has 1 aliphatic heterocycles. The Kier molecular flexibility index (Phi) is 3.78. The highest BCUT2D eigenvalue weighted by atomic mass is 16.6. The molecule has 1 rings (SSSR count). The highest BCUT2D eigenvalue weighted by Crippen LogP contribution is 2.13. The molecule has 0 radical (unpaired) electrons. The van der Waals surface area contributed by atoms with Gasteiger partial charge < -0.3 is 15.0 Å². The van der Waals surface area contributed by atoms with Crippen LogP contribution in [-0.4, -0.2) is 41.6 Å². The summed E-state index contributed by atoms with van der Waals surface area (Å²) in [6.07, 6.45) is -0.0136. The molecule has 1 aliphatic rings. The van der Waals surface area contributed by atoms with Crippen molar-refractivity contribution in [3.05, 3.63) is 0 Å². The third-order valence-corrected chi connectivity index (χ3v) is 2.33. The van der Waals surface area contributed by atoms with E-state index in [1.807, 2.05) is 27.7 Å². The Morgan fingerprint density at radius 3 is 2.69 bits per heavy atom. The Labute approximate surface area is 96.1 Å². The summed E-state index contributed by atoms with van der Waals surface area (Å²) in [6.45, 7) is 8.29. The fourth-order valence-electron chi connectivity index (χ4n) is 1.49. The van der Waals surface area contributed by atoms with Gasteiger partial charge in [-0.25, -0.2) is 4.79 Å². The minimum atomic E-state index is -0.499.